The second kappa shape index (κ2) is 5.66. The van der Waals surface area contributed by atoms with Gasteiger partial charge in [0.2, 0.25) is 0 Å². The van der Waals surface area contributed by atoms with Crippen LogP contribution >= 0.6 is 27.7 Å². The zero-order chi connectivity index (χ0) is 13.3. The number of nitrogens with two attached hydrogens (primary N) is 1. The van der Waals surface area contributed by atoms with Crippen LogP contribution < -0.4 is 5.73 Å². The van der Waals surface area contributed by atoms with Crippen LogP contribution in [0.25, 0.3) is 0 Å². The van der Waals surface area contributed by atoms with Gasteiger partial charge in [0, 0.05) is 26.9 Å². The van der Waals surface area contributed by atoms with Crippen LogP contribution in [-0.4, -0.2) is 17.5 Å². The maximum Gasteiger partial charge on any atom is 0.0693 e. The summed E-state index contributed by atoms with van der Waals surface area (Å²) in [6, 6.07) is 6.10. The van der Waals surface area contributed by atoms with Crippen molar-refractivity contribution in [2.24, 2.45) is 0 Å². The molecule has 0 aromatic heterocycles. The Balaban J connectivity index is 1.69. The second-order valence-electron chi connectivity index (χ2n) is 5.66. The average Bonchev–Trinajstić information content (AvgIpc) is 2.81. The predicted octanol–water partition coefficient (Wildman–Crippen LogP) is 4.62. The molecule has 4 heteroatoms. The largest absolute Gasteiger partial charge is 0.399 e. The molecule has 2 nitrogen and oxygen atoms in total. The van der Waals surface area contributed by atoms with Crippen molar-refractivity contribution in [2.75, 3.05) is 12.3 Å². The predicted molar refractivity (Wildman–Crippen MR) is 84.6 cm³/mol. The first-order chi connectivity index (χ1) is 9.17. The Labute approximate surface area is 127 Å². The molecule has 1 aromatic carbocycles. The average molecular weight is 342 g/mol. The molecule has 1 aromatic rings. The zero-order valence-corrected chi connectivity index (χ0v) is 13.4. The van der Waals surface area contributed by atoms with E-state index in [4.69, 9.17) is 10.5 Å². The van der Waals surface area contributed by atoms with E-state index in [-0.39, 0.29) is 5.60 Å². The van der Waals surface area contributed by atoms with E-state index < -0.39 is 0 Å². The summed E-state index contributed by atoms with van der Waals surface area (Å²) in [5.41, 5.74) is 6.82. The molecule has 0 amide bonds. The summed E-state index contributed by atoms with van der Waals surface area (Å²) in [4.78, 5) is 1.30. The van der Waals surface area contributed by atoms with E-state index in [1.165, 1.54) is 37.0 Å². The minimum absolute atomic E-state index is 0.205. The van der Waals surface area contributed by atoms with Gasteiger partial charge in [0.15, 0.2) is 0 Å². The number of halogens is 1. The van der Waals surface area contributed by atoms with Gasteiger partial charge in [-0.15, -0.1) is 11.8 Å². The van der Waals surface area contributed by atoms with Crippen LogP contribution in [0.1, 0.15) is 38.5 Å². The standard InChI is InChI=1S/C15H20BrNOS/c16-13-9-11(17)3-4-14(13)19-12-5-8-18-15(10-12)6-1-2-7-15/h3-4,9,12H,1-2,5-8,10,17H2. The van der Waals surface area contributed by atoms with E-state index in [9.17, 15) is 0 Å². The molecule has 1 spiro atoms. The number of benzene rings is 1. The summed E-state index contributed by atoms with van der Waals surface area (Å²) in [7, 11) is 0. The zero-order valence-electron chi connectivity index (χ0n) is 11.0. The van der Waals surface area contributed by atoms with Gasteiger partial charge in [-0.3, -0.25) is 0 Å². The van der Waals surface area contributed by atoms with Crippen LogP contribution in [0, 0.1) is 0 Å². The van der Waals surface area contributed by atoms with Crippen molar-refractivity contribution in [1.82, 2.24) is 0 Å². The number of anilines is 1. The van der Waals surface area contributed by atoms with Crippen molar-refractivity contribution in [1.29, 1.82) is 0 Å². The van der Waals surface area contributed by atoms with Gasteiger partial charge in [0.25, 0.3) is 0 Å². The van der Waals surface area contributed by atoms with Crippen LogP contribution in [0.2, 0.25) is 0 Å². The lowest BCUT2D eigenvalue weighted by Crippen LogP contribution is -2.38. The second-order valence-corrected chi connectivity index (χ2v) is 7.86. The van der Waals surface area contributed by atoms with Gasteiger partial charge in [-0.25, -0.2) is 0 Å². The summed E-state index contributed by atoms with van der Waals surface area (Å²) < 4.78 is 7.21. The molecule has 1 saturated carbocycles. The molecule has 1 unspecified atom stereocenters. The molecule has 2 aliphatic rings. The van der Waals surface area contributed by atoms with E-state index in [2.05, 4.69) is 22.0 Å². The van der Waals surface area contributed by atoms with Gasteiger partial charge in [-0.1, -0.05) is 12.8 Å². The number of hydrogen-bond acceptors (Lipinski definition) is 3. The summed E-state index contributed by atoms with van der Waals surface area (Å²) in [6.07, 6.45) is 7.55. The van der Waals surface area contributed by atoms with Gasteiger partial charge in [0.1, 0.15) is 0 Å². The lowest BCUT2D eigenvalue weighted by Gasteiger charge is -2.38. The molecule has 0 radical (unpaired) electrons. The van der Waals surface area contributed by atoms with Crippen LogP contribution in [0.15, 0.2) is 27.6 Å². The Morgan fingerprint density at radius 3 is 2.84 bits per heavy atom. The normalized spacial score (nSPS) is 25.8. The first-order valence-electron chi connectivity index (χ1n) is 7.03. The molecular weight excluding hydrogens is 322 g/mol. The number of hydrogen-bond donors (Lipinski definition) is 1. The fourth-order valence-electron chi connectivity index (χ4n) is 3.24. The molecule has 2 N–H and O–H groups in total. The third-order valence-electron chi connectivity index (χ3n) is 4.21. The molecule has 3 rings (SSSR count). The highest BCUT2D eigenvalue weighted by Crippen LogP contribution is 2.45. The molecular formula is C15H20BrNOS. The van der Waals surface area contributed by atoms with Gasteiger partial charge in [-0.2, -0.15) is 0 Å². The first kappa shape index (κ1) is 13.8. The number of rotatable bonds is 2. The summed E-state index contributed by atoms with van der Waals surface area (Å²) in [5.74, 6) is 0. The molecule has 1 heterocycles. The Hall–Kier alpha value is -0.190. The van der Waals surface area contributed by atoms with E-state index in [0.717, 1.165) is 23.2 Å². The van der Waals surface area contributed by atoms with Gasteiger partial charge in [-0.05, 0) is 59.8 Å². The van der Waals surface area contributed by atoms with Crippen LogP contribution in [0.3, 0.4) is 0 Å². The number of nitrogen functional groups attached to an aromatic ring is 1. The van der Waals surface area contributed by atoms with Crippen LogP contribution in [0.5, 0.6) is 0 Å². The highest BCUT2D eigenvalue weighted by molar-refractivity contribution is 9.10. The highest BCUT2D eigenvalue weighted by Gasteiger charge is 2.40. The topological polar surface area (TPSA) is 35.2 Å². The van der Waals surface area contributed by atoms with Crippen molar-refractivity contribution in [3.8, 4) is 0 Å². The van der Waals surface area contributed by atoms with Crippen LogP contribution in [0.4, 0.5) is 5.69 Å². The molecule has 19 heavy (non-hydrogen) atoms. The monoisotopic (exact) mass is 341 g/mol. The van der Waals surface area contributed by atoms with Crippen molar-refractivity contribution in [3.63, 3.8) is 0 Å². The summed E-state index contributed by atoms with van der Waals surface area (Å²) in [5, 5.41) is 0.673. The van der Waals surface area contributed by atoms with Crippen molar-refractivity contribution in [2.45, 2.75) is 54.3 Å². The minimum Gasteiger partial charge on any atom is -0.399 e. The Kier molecular flexibility index (Phi) is 4.11. The molecule has 0 bridgehead atoms. The molecule has 1 aliphatic heterocycles. The Morgan fingerprint density at radius 1 is 1.32 bits per heavy atom. The molecule has 1 aliphatic carbocycles. The SMILES string of the molecule is Nc1ccc(SC2CCOC3(CCCC3)C2)c(Br)c1. The minimum atomic E-state index is 0.205. The molecule has 2 fully saturated rings. The Morgan fingerprint density at radius 2 is 2.11 bits per heavy atom. The van der Waals surface area contributed by atoms with Crippen molar-refractivity contribution >= 4 is 33.4 Å². The maximum atomic E-state index is 6.10. The third kappa shape index (κ3) is 3.11. The van der Waals surface area contributed by atoms with Gasteiger partial charge >= 0.3 is 0 Å². The smallest absolute Gasteiger partial charge is 0.0693 e. The van der Waals surface area contributed by atoms with Crippen molar-refractivity contribution in [3.05, 3.63) is 22.7 Å². The fourth-order valence-corrected chi connectivity index (χ4v) is 5.20. The quantitative estimate of drug-likeness (QED) is 0.797. The fraction of sp³-hybridized carbons (Fsp3) is 0.600. The van der Waals surface area contributed by atoms with Gasteiger partial charge < -0.3 is 10.5 Å². The van der Waals surface area contributed by atoms with Crippen LogP contribution in [-0.2, 0) is 4.74 Å². The summed E-state index contributed by atoms with van der Waals surface area (Å²) >= 11 is 5.60. The van der Waals surface area contributed by atoms with Crippen molar-refractivity contribution < 1.29 is 4.74 Å². The number of ether oxygens (including phenoxy) is 1. The van der Waals surface area contributed by atoms with E-state index in [1.54, 1.807) is 0 Å². The lowest BCUT2D eigenvalue weighted by molar-refractivity contribution is -0.0704. The molecule has 1 atom stereocenters. The molecule has 104 valence electrons. The summed E-state index contributed by atoms with van der Waals surface area (Å²) in [6.45, 7) is 0.921. The first-order valence-corrected chi connectivity index (χ1v) is 8.70. The highest BCUT2D eigenvalue weighted by atomic mass is 79.9. The van der Waals surface area contributed by atoms with E-state index >= 15 is 0 Å². The van der Waals surface area contributed by atoms with Gasteiger partial charge in [0.05, 0.1) is 5.60 Å². The lowest BCUT2D eigenvalue weighted by atomic mass is 9.92. The molecule has 1 saturated heterocycles. The van der Waals surface area contributed by atoms with E-state index in [1.807, 2.05) is 23.9 Å². The Bertz CT molecular complexity index is 459. The number of thioether (sulfide) groups is 1. The maximum absolute atomic E-state index is 6.10. The van der Waals surface area contributed by atoms with E-state index in [0.29, 0.717) is 5.25 Å². The third-order valence-corrected chi connectivity index (χ3v) is 6.48.